The molecule has 0 heterocycles. The lowest BCUT2D eigenvalue weighted by Gasteiger charge is -2.18. The number of carbonyl (C=O) groups excluding carboxylic acids is 1. The molecular weight excluding hydrogens is 344 g/mol. The maximum atomic E-state index is 12.1. The molecule has 1 aromatic carbocycles. The molecule has 0 amide bonds. The predicted molar refractivity (Wildman–Crippen MR) is 110 cm³/mol. The van der Waals surface area contributed by atoms with Crippen LogP contribution in [0.4, 0.5) is 5.69 Å². The normalized spacial score (nSPS) is 11.2. The van der Waals surface area contributed by atoms with Crippen LogP contribution in [0.3, 0.4) is 0 Å². The van der Waals surface area contributed by atoms with E-state index < -0.39 is 5.97 Å². The molecule has 0 aliphatic rings. The molecular formula is C21H34N2O4. The minimum absolute atomic E-state index is 0.167. The fraction of sp³-hybridized carbons (Fsp3) is 0.524. The molecule has 0 spiro atoms. The van der Waals surface area contributed by atoms with Crippen LogP contribution in [0.1, 0.15) is 46.1 Å². The van der Waals surface area contributed by atoms with E-state index in [-0.39, 0.29) is 11.9 Å². The average Bonchev–Trinajstić information content (AvgIpc) is 2.62. The maximum Gasteiger partial charge on any atom is 0.313 e. The molecule has 0 aliphatic heterocycles. The summed E-state index contributed by atoms with van der Waals surface area (Å²) in [5.74, 6) is -1.25. The van der Waals surface area contributed by atoms with Crippen LogP contribution in [0.15, 0.2) is 36.4 Å². The first-order valence-corrected chi connectivity index (χ1v) is 9.27. The summed E-state index contributed by atoms with van der Waals surface area (Å²) in [6.07, 6.45) is 0. The molecule has 1 aromatic rings. The van der Waals surface area contributed by atoms with Gasteiger partial charge in [0.05, 0.1) is 5.92 Å². The molecule has 6 nitrogen and oxygen atoms in total. The lowest BCUT2D eigenvalue weighted by molar-refractivity contribution is -0.145. The summed E-state index contributed by atoms with van der Waals surface area (Å²) < 4.78 is 5.39. The fourth-order valence-corrected chi connectivity index (χ4v) is 2.22. The number of esters is 1. The van der Waals surface area contributed by atoms with Crippen LogP contribution in [0.2, 0.25) is 0 Å². The lowest BCUT2D eigenvalue weighted by Crippen LogP contribution is -2.28. The van der Waals surface area contributed by atoms with E-state index in [1.165, 1.54) is 0 Å². The zero-order chi connectivity index (χ0) is 20.8. The van der Waals surface area contributed by atoms with Gasteiger partial charge in [-0.3, -0.25) is 9.59 Å². The molecule has 0 fully saturated rings. The van der Waals surface area contributed by atoms with Gasteiger partial charge in [-0.05, 0) is 44.6 Å². The molecule has 0 radical (unpaired) electrons. The molecule has 1 unspecified atom stereocenters. The first-order chi connectivity index (χ1) is 12.7. The molecule has 0 bridgehead atoms. The second-order valence-corrected chi connectivity index (χ2v) is 6.37. The van der Waals surface area contributed by atoms with Gasteiger partial charge in [0.2, 0.25) is 0 Å². The summed E-state index contributed by atoms with van der Waals surface area (Å²) in [6.45, 7) is 17.0. The second-order valence-electron chi connectivity index (χ2n) is 6.37. The van der Waals surface area contributed by atoms with Crippen molar-refractivity contribution in [3.8, 4) is 0 Å². The number of anilines is 1. The SMILES string of the molecule is C=C(C)CNc1ccc(C(C)C(=O)OCCN(CC)CC)cc1.CC(=O)O. The number of hydrogen-bond acceptors (Lipinski definition) is 5. The molecule has 1 rings (SSSR count). The highest BCUT2D eigenvalue weighted by molar-refractivity contribution is 5.77. The van der Waals surface area contributed by atoms with Gasteiger partial charge in [-0.15, -0.1) is 0 Å². The maximum absolute atomic E-state index is 12.1. The number of nitrogens with one attached hydrogen (secondary N) is 1. The minimum Gasteiger partial charge on any atom is -0.481 e. The van der Waals surface area contributed by atoms with Crippen molar-refractivity contribution in [3.05, 3.63) is 42.0 Å². The average molecular weight is 379 g/mol. The van der Waals surface area contributed by atoms with Gasteiger partial charge in [-0.1, -0.05) is 38.1 Å². The van der Waals surface area contributed by atoms with Gasteiger partial charge < -0.3 is 20.1 Å². The van der Waals surface area contributed by atoms with Gasteiger partial charge in [0.25, 0.3) is 5.97 Å². The third-order valence-corrected chi connectivity index (χ3v) is 3.90. The number of carboxylic acid groups (broad SMARTS) is 1. The third kappa shape index (κ3) is 11.8. The highest BCUT2D eigenvalue weighted by atomic mass is 16.5. The minimum atomic E-state index is -0.833. The Labute approximate surface area is 163 Å². The number of nitrogens with zero attached hydrogens (tertiary/aromatic N) is 1. The standard InChI is InChI=1S/C19H30N2O2.C2H4O2/c1-6-21(7-2)12-13-23-19(22)16(5)17-8-10-18(11-9-17)20-14-15(3)4;1-2(3)4/h8-11,16,20H,3,6-7,12-14H2,1-2,4-5H3;1H3,(H,3,4). The highest BCUT2D eigenvalue weighted by Gasteiger charge is 2.16. The number of carbonyl (C=O) groups is 2. The quantitative estimate of drug-likeness (QED) is 0.477. The topological polar surface area (TPSA) is 78.9 Å². The number of aliphatic carboxylic acids is 1. The zero-order valence-electron chi connectivity index (χ0n) is 17.2. The van der Waals surface area contributed by atoms with Crippen LogP contribution >= 0.6 is 0 Å². The van der Waals surface area contributed by atoms with Crippen molar-refractivity contribution in [2.75, 3.05) is 38.1 Å². The van der Waals surface area contributed by atoms with Crippen LogP contribution < -0.4 is 5.32 Å². The molecule has 0 aromatic heterocycles. The number of rotatable bonds is 10. The number of benzene rings is 1. The summed E-state index contributed by atoms with van der Waals surface area (Å²) in [7, 11) is 0. The van der Waals surface area contributed by atoms with Gasteiger partial charge in [-0.2, -0.15) is 0 Å². The molecule has 0 saturated heterocycles. The summed E-state index contributed by atoms with van der Waals surface area (Å²) in [5, 5.41) is 10.7. The molecule has 152 valence electrons. The summed E-state index contributed by atoms with van der Waals surface area (Å²) in [5.41, 5.74) is 3.08. The third-order valence-electron chi connectivity index (χ3n) is 3.90. The summed E-state index contributed by atoms with van der Waals surface area (Å²) in [6, 6.07) is 7.91. The van der Waals surface area contributed by atoms with Gasteiger partial charge >= 0.3 is 5.97 Å². The molecule has 6 heteroatoms. The Bertz CT molecular complexity index is 576. The van der Waals surface area contributed by atoms with Crippen molar-refractivity contribution in [2.24, 2.45) is 0 Å². The number of hydrogen-bond donors (Lipinski definition) is 2. The number of ether oxygens (including phenoxy) is 1. The van der Waals surface area contributed by atoms with Crippen molar-refractivity contribution in [3.63, 3.8) is 0 Å². The van der Waals surface area contributed by atoms with Gasteiger partial charge in [0.1, 0.15) is 6.61 Å². The number of carboxylic acids is 1. The van der Waals surface area contributed by atoms with Crippen molar-refractivity contribution >= 4 is 17.6 Å². The van der Waals surface area contributed by atoms with Crippen molar-refractivity contribution in [1.29, 1.82) is 0 Å². The Morgan fingerprint density at radius 2 is 1.70 bits per heavy atom. The first-order valence-electron chi connectivity index (χ1n) is 9.27. The van der Waals surface area contributed by atoms with Crippen LogP contribution in [0.5, 0.6) is 0 Å². The molecule has 2 N–H and O–H groups in total. The fourth-order valence-electron chi connectivity index (χ4n) is 2.22. The predicted octanol–water partition coefficient (Wildman–Crippen LogP) is 3.75. The smallest absolute Gasteiger partial charge is 0.313 e. The van der Waals surface area contributed by atoms with Crippen LogP contribution in [-0.2, 0) is 14.3 Å². The van der Waals surface area contributed by atoms with Gasteiger partial charge in [0, 0.05) is 25.7 Å². The molecule has 0 saturated carbocycles. The summed E-state index contributed by atoms with van der Waals surface area (Å²) >= 11 is 0. The Kier molecular flexibility index (Phi) is 12.6. The molecule has 27 heavy (non-hydrogen) atoms. The van der Waals surface area contributed by atoms with E-state index in [1.807, 2.05) is 38.1 Å². The Morgan fingerprint density at radius 1 is 1.19 bits per heavy atom. The Hall–Kier alpha value is -2.34. The van der Waals surface area contributed by atoms with Gasteiger partial charge in [0.15, 0.2) is 0 Å². The highest BCUT2D eigenvalue weighted by Crippen LogP contribution is 2.19. The van der Waals surface area contributed by atoms with E-state index in [9.17, 15) is 4.79 Å². The van der Waals surface area contributed by atoms with Crippen molar-refractivity contribution in [2.45, 2.75) is 40.5 Å². The molecule has 1 atom stereocenters. The van der Waals surface area contributed by atoms with E-state index in [1.54, 1.807) is 0 Å². The second kappa shape index (κ2) is 13.8. The van der Waals surface area contributed by atoms with E-state index in [0.29, 0.717) is 6.61 Å². The number of likely N-dealkylation sites (N-methyl/N-ethyl adjacent to an activating group) is 1. The van der Waals surface area contributed by atoms with Crippen molar-refractivity contribution < 1.29 is 19.4 Å². The first kappa shape index (κ1) is 24.7. The van der Waals surface area contributed by atoms with E-state index >= 15 is 0 Å². The zero-order valence-corrected chi connectivity index (χ0v) is 17.2. The van der Waals surface area contributed by atoms with E-state index in [4.69, 9.17) is 14.6 Å². The largest absolute Gasteiger partial charge is 0.481 e. The van der Waals surface area contributed by atoms with E-state index in [2.05, 4.69) is 30.6 Å². The summed E-state index contributed by atoms with van der Waals surface area (Å²) in [4.78, 5) is 23.4. The van der Waals surface area contributed by atoms with Crippen molar-refractivity contribution in [1.82, 2.24) is 4.90 Å². The molecule has 0 aliphatic carbocycles. The van der Waals surface area contributed by atoms with Crippen LogP contribution in [-0.4, -0.2) is 54.7 Å². The van der Waals surface area contributed by atoms with E-state index in [0.717, 1.165) is 49.9 Å². The monoisotopic (exact) mass is 378 g/mol. The van der Waals surface area contributed by atoms with Gasteiger partial charge in [-0.25, -0.2) is 0 Å². The van der Waals surface area contributed by atoms with Crippen LogP contribution in [0.25, 0.3) is 0 Å². The Balaban J connectivity index is 0.00000153. The lowest BCUT2D eigenvalue weighted by atomic mass is 10.0. The van der Waals surface area contributed by atoms with Crippen LogP contribution in [0, 0.1) is 0 Å². The Morgan fingerprint density at radius 3 is 2.15 bits per heavy atom.